The van der Waals surface area contributed by atoms with Gasteiger partial charge in [0.05, 0.1) is 6.54 Å². The Balaban J connectivity index is 1.45. The van der Waals surface area contributed by atoms with Crippen LogP contribution in [0.1, 0.15) is 57.7 Å². The van der Waals surface area contributed by atoms with Gasteiger partial charge in [0.15, 0.2) is 0 Å². The van der Waals surface area contributed by atoms with Crippen molar-refractivity contribution in [2.75, 3.05) is 18.4 Å². The van der Waals surface area contributed by atoms with Crippen LogP contribution in [0.3, 0.4) is 0 Å². The fourth-order valence-electron chi connectivity index (χ4n) is 5.20. The SMILES string of the molecule is CC(C)(C)Cc1cc(F)cc2cc(Cn3cccc(NC(=O)C(CC/C=C/C(=O)N4CCCC4)NC(=O)O)c3=O)[nH]c12. The van der Waals surface area contributed by atoms with Gasteiger partial charge in [-0.2, -0.15) is 0 Å². The van der Waals surface area contributed by atoms with Crippen LogP contribution in [-0.2, 0) is 22.6 Å². The zero-order valence-corrected chi connectivity index (χ0v) is 24.2. The molecule has 1 atom stereocenters. The fourth-order valence-corrected chi connectivity index (χ4v) is 5.20. The van der Waals surface area contributed by atoms with Crippen LogP contribution in [0.15, 0.2) is 53.5 Å². The third-order valence-corrected chi connectivity index (χ3v) is 7.08. The van der Waals surface area contributed by atoms with E-state index in [1.165, 1.54) is 28.8 Å². The summed E-state index contributed by atoms with van der Waals surface area (Å²) in [5.74, 6) is -1.11. The molecule has 42 heavy (non-hydrogen) atoms. The van der Waals surface area contributed by atoms with Gasteiger partial charge in [-0.05, 0) is 79.5 Å². The Kier molecular flexibility index (Phi) is 9.49. The smallest absolute Gasteiger partial charge is 0.405 e. The molecule has 4 rings (SSSR count). The minimum Gasteiger partial charge on any atom is -0.465 e. The highest BCUT2D eigenvalue weighted by Crippen LogP contribution is 2.28. The highest BCUT2D eigenvalue weighted by molar-refractivity contribution is 5.96. The number of carboxylic acid groups (broad SMARTS) is 1. The summed E-state index contributed by atoms with van der Waals surface area (Å²) in [6.45, 7) is 7.84. The third kappa shape index (κ3) is 8.08. The number of pyridine rings is 1. The van der Waals surface area contributed by atoms with Gasteiger partial charge < -0.3 is 30.2 Å². The minimum absolute atomic E-state index is 0.00461. The molecule has 1 aromatic carbocycles. The zero-order valence-electron chi connectivity index (χ0n) is 24.2. The maximum absolute atomic E-state index is 14.3. The van der Waals surface area contributed by atoms with Gasteiger partial charge in [0, 0.05) is 35.9 Å². The van der Waals surface area contributed by atoms with Crippen molar-refractivity contribution in [3.8, 4) is 0 Å². The maximum atomic E-state index is 14.3. The molecule has 1 saturated heterocycles. The number of hydrogen-bond donors (Lipinski definition) is 4. The van der Waals surface area contributed by atoms with Crippen LogP contribution < -0.4 is 16.2 Å². The first-order chi connectivity index (χ1) is 19.9. The second-order valence-corrected chi connectivity index (χ2v) is 11.9. The number of carbonyl (C=O) groups excluding carboxylic acids is 2. The van der Waals surface area contributed by atoms with Gasteiger partial charge in [0.2, 0.25) is 11.8 Å². The van der Waals surface area contributed by atoms with Gasteiger partial charge in [-0.15, -0.1) is 0 Å². The number of allylic oxidation sites excluding steroid dienone is 1. The predicted octanol–water partition coefficient (Wildman–Crippen LogP) is 4.64. The van der Waals surface area contributed by atoms with Gasteiger partial charge in [-0.25, -0.2) is 9.18 Å². The highest BCUT2D eigenvalue weighted by Gasteiger charge is 2.22. The van der Waals surface area contributed by atoms with Crippen molar-refractivity contribution in [1.29, 1.82) is 0 Å². The fraction of sp³-hybridized carbons (Fsp3) is 0.419. The van der Waals surface area contributed by atoms with Crippen molar-refractivity contribution >= 4 is 34.5 Å². The Morgan fingerprint density at radius 2 is 1.90 bits per heavy atom. The average molecular weight is 580 g/mol. The first-order valence-corrected chi connectivity index (χ1v) is 14.1. The van der Waals surface area contributed by atoms with Gasteiger partial charge in [0.1, 0.15) is 17.5 Å². The molecule has 0 saturated carbocycles. The molecule has 0 radical (unpaired) electrons. The highest BCUT2D eigenvalue weighted by atomic mass is 19.1. The quantitative estimate of drug-likeness (QED) is 0.260. The molecule has 3 heterocycles. The number of hydrogen-bond acceptors (Lipinski definition) is 4. The van der Waals surface area contributed by atoms with Gasteiger partial charge in [-0.3, -0.25) is 14.4 Å². The number of halogens is 1. The van der Waals surface area contributed by atoms with E-state index in [1.807, 2.05) is 0 Å². The number of nitrogens with one attached hydrogen (secondary N) is 3. The number of anilines is 1. The van der Waals surface area contributed by atoms with Gasteiger partial charge >= 0.3 is 6.09 Å². The van der Waals surface area contributed by atoms with Crippen molar-refractivity contribution in [3.63, 3.8) is 0 Å². The number of aromatic amines is 1. The molecule has 1 fully saturated rings. The average Bonchev–Trinajstić information content (AvgIpc) is 3.57. The molecular formula is C31H38FN5O5. The van der Waals surface area contributed by atoms with E-state index < -0.39 is 23.6 Å². The van der Waals surface area contributed by atoms with Crippen molar-refractivity contribution < 1.29 is 23.9 Å². The molecule has 11 heteroatoms. The van der Waals surface area contributed by atoms with Crippen molar-refractivity contribution in [2.24, 2.45) is 5.41 Å². The van der Waals surface area contributed by atoms with Gasteiger partial charge in [-0.1, -0.05) is 26.8 Å². The largest absolute Gasteiger partial charge is 0.465 e. The first kappa shape index (κ1) is 30.5. The van der Waals surface area contributed by atoms with Gasteiger partial charge in [0.25, 0.3) is 5.56 Å². The van der Waals surface area contributed by atoms with Crippen molar-refractivity contribution in [2.45, 2.75) is 65.5 Å². The number of fused-ring (bicyclic) bond motifs is 1. The van der Waals surface area contributed by atoms with Crippen LogP contribution in [0, 0.1) is 11.2 Å². The van der Waals surface area contributed by atoms with Crippen molar-refractivity contribution in [1.82, 2.24) is 19.8 Å². The van der Waals surface area contributed by atoms with Crippen LogP contribution >= 0.6 is 0 Å². The lowest BCUT2D eigenvalue weighted by Gasteiger charge is -2.18. The number of benzene rings is 1. The van der Waals surface area contributed by atoms with Crippen LogP contribution in [-0.4, -0.2) is 56.6 Å². The lowest BCUT2D eigenvalue weighted by Crippen LogP contribution is -2.44. The third-order valence-electron chi connectivity index (χ3n) is 7.08. The van der Waals surface area contributed by atoms with Crippen LogP contribution in [0.5, 0.6) is 0 Å². The van der Waals surface area contributed by atoms with E-state index in [-0.39, 0.29) is 42.2 Å². The number of amides is 3. The number of aromatic nitrogens is 2. The zero-order chi connectivity index (χ0) is 30.4. The molecule has 0 bridgehead atoms. The van der Waals surface area contributed by atoms with Crippen molar-refractivity contribution in [3.05, 3.63) is 76.1 Å². The molecule has 224 valence electrons. The molecule has 10 nitrogen and oxygen atoms in total. The van der Waals surface area contributed by atoms with E-state index in [2.05, 4.69) is 36.4 Å². The molecule has 1 aliphatic heterocycles. The molecule has 0 spiro atoms. The monoisotopic (exact) mass is 579 g/mol. The second-order valence-electron chi connectivity index (χ2n) is 11.9. The molecule has 1 aliphatic rings. The summed E-state index contributed by atoms with van der Waals surface area (Å²) in [6.07, 6.45) is 6.28. The maximum Gasteiger partial charge on any atom is 0.405 e. The van der Waals surface area contributed by atoms with E-state index in [9.17, 15) is 28.7 Å². The normalized spacial score (nSPS) is 14.4. The first-order valence-electron chi connectivity index (χ1n) is 14.1. The number of H-pyrrole nitrogens is 1. The van der Waals surface area contributed by atoms with Crippen LogP contribution in [0.25, 0.3) is 10.9 Å². The molecule has 3 amide bonds. The van der Waals surface area contributed by atoms with E-state index in [0.29, 0.717) is 17.5 Å². The van der Waals surface area contributed by atoms with E-state index in [1.54, 1.807) is 29.3 Å². The summed E-state index contributed by atoms with van der Waals surface area (Å²) in [5, 5.41) is 14.7. The molecule has 1 unspecified atom stereocenters. The number of nitrogens with zero attached hydrogens (tertiary/aromatic N) is 2. The van der Waals surface area contributed by atoms with Crippen LogP contribution in [0.2, 0.25) is 0 Å². The van der Waals surface area contributed by atoms with E-state index in [0.717, 1.165) is 37.0 Å². The summed E-state index contributed by atoms with van der Waals surface area (Å²) < 4.78 is 15.7. The Labute approximate surface area is 243 Å². The topological polar surface area (TPSA) is 137 Å². The molecule has 4 N–H and O–H groups in total. The predicted molar refractivity (Wildman–Crippen MR) is 159 cm³/mol. The standard InChI is InChI=1S/C31H38FN5O5/c1-31(2,3)18-21-16-22(32)15-20-17-23(33-27(20)21)19-37-14-8-10-25(29(37)40)34-28(39)24(35-30(41)42)9-4-5-11-26(38)36-12-6-7-13-36/h5,8,10-11,14-17,24,33,35H,4,6-7,9,12-13,18-19H2,1-3H3,(H,34,39)(H,41,42)/b11-5+. The molecule has 3 aromatic rings. The van der Waals surface area contributed by atoms with E-state index >= 15 is 0 Å². The summed E-state index contributed by atoms with van der Waals surface area (Å²) in [6, 6.07) is 6.71. The van der Waals surface area contributed by atoms with Crippen LogP contribution in [0.4, 0.5) is 14.9 Å². The summed E-state index contributed by atoms with van der Waals surface area (Å²) in [7, 11) is 0. The Morgan fingerprint density at radius 1 is 1.17 bits per heavy atom. The minimum atomic E-state index is -1.38. The Hall–Kier alpha value is -4.41. The number of rotatable bonds is 10. The summed E-state index contributed by atoms with van der Waals surface area (Å²) in [4.78, 5) is 54.8. The molecular weight excluding hydrogens is 541 g/mol. The second kappa shape index (κ2) is 13.1. The van der Waals surface area contributed by atoms with E-state index in [4.69, 9.17) is 0 Å². The lowest BCUT2D eigenvalue weighted by atomic mass is 9.87. The lowest BCUT2D eigenvalue weighted by molar-refractivity contribution is -0.125. The Morgan fingerprint density at radius 3 is 2.60 bits per heavy atom. The Bertz CT molecular complexity index is 1550. The molecule has 0 aliphatic carbocycles. The number of likely N-dealkylation sites (tertiary alicyclic amines) is 1. The number of carbonyl (C=O) groups is 3. The molecule has 2 aromatic heterocycles. The summed E-state index contributed by atoms with van der Waals surface area (Å²) >= 11 is 0. The summed E-state index contributed by atoms with van der Waals surface area (Å²) in [5.41, 5.74) is 1.83.